The number of benzene rings is 1. The number of carbonyl (C=O) groups is 1. The van der Waals surface area contributed by atoms with Crippen molar-refractivity contribution in [3.05, 3.63) is 29.8 Å². The van der Waals surface area contributed by atoms with Gasteiger partial charge in [0.1, 0.15) is 11.5 Å². The molecular weight excluding hydrogens is 214 g/mol. The van der Waals surface area contributed by atoms with Crippen LogP contribution in [0.1, 0.15) is 18.9 Å². The van der Waals surface area contributed by atoms with E-state index in [2.05, 4.69) is 11.4 Å². The molecule has 1 fully saturated rings. The van der Waals surface area contributed by atoms with Gasteiger partial charge >= 0.3 is 0 Å². The molecule has 1 aliphatic heterocycles. The van der Waals surface area contributed by atoms with Crippen LogP contribution < -0.4 is 10.1 Å². The van der Waals surface area contributed by atoms with Gasteiger partial charge in [0.2, 0.25) is 0 Å². The summed E-state index contributed by atoms with van der Waals surface area (Å²) in [6.07, 6.45) is 1.50. The fourth-order valence-electron chi connectivity index (χ4n) is 2.37. The van der Waals surface area contributed by atoms with E-state index in [0.29, 0.717) is 12.2 Å². The fraction of sp³-hybridized carbons (Fsp3) is 0.500. The molecule has 0 aromatic heterocycles. The minimum atomic E-state index is 0.0914. The van der Waals surface area contributed by atoms with E-state index < -0.39 is 0 Å². The Hall–Kier alpha value is -1.35. The number of ether oxygens (including phenoxy) is 1. The quantitative estimate of drug-likeness (QED) is 0.865. The van der Waals surface area contributed by atoms with Gasteiger partial charge in [0.05, 0.1) is 7.11 Å². The van der Waals surface area contributed by atoms with E-state index in [4.69, 9.17) is 4.74 Å². The normalized spacial score (nSPS) is 24.7. The second kappa shape index (κ2) is 5.32. The Balaban J connectivity index is 2.12. The van der Waals surface area contributed by atoms with Crippen molar-refractivity contribution >= 4 is 5.78 Å². The molecule has 92 valence electrons. The second-order valence-electron chi connectivity index (χ2n) is 4.58. The molecule has 2 rings (SSSR count). The average Bonchev–Trinajstić information content (AvgIpc) is 2.35. The standard InChI is InChI=1S/C14H19NO2/c1-10-12(15-8-7-13(10)16)9-11-5-3-4-6-14(11)17-2/h3-6,10,12,15H,7-9H2,1-2H3/t10-,12+/m0/s1. The topological polar surface area (TPSA) is 38.3 Å². The smallest absolute Gasteiger partial charge is 0.138 e. The van der Waals surface area contributed by atoms with Crippen LogP contribution in [0.15, 0.2) is 24.3 Å². The van der Waals surface area contributed by atoms with Gasteiger partial charge in [-0.25, -0.2) is 0 Å². The molecule has 0 spiro atoms. The zero-order valence-corrected chi connectivity index (χ0v) is 10.4. The molecule has 0 radical (unpaired) electrons. The third-order valence-electron chi connectivity index (χ3n) is 3.52. The van der Waals surface area contributed by atoms with Crippen molar-refractivity contribution < 1.29 is 9.53 Å². The number of hydrogen-bond donors (Lipinski definition) is 1. The predicted molar refractivity (Wildman–Crippen MR) is 67.3 cm³/mol. The third-order valence-corrected chi connectivity index (χ3v) is 3.52. The molecule has 1 aliphatic rings. The Kier molecular flexibility index (Phi) is 3.79. The molecule has 0 aliphatic carbocycles. The van der Waals surface area contributed by atoms with E-state index in [1.165, 1.54) is 0 Å². The maximum atomic E-state index is 11.7. The van der Waals surface area contributed by atoms with Gasteiger partial charge in [-0.15, -0.1) is 0 Å². The van der Waals surface area contributed by atoms with Crippen LogP contribution in [0.5, 0.6) is 5.75 Å². The van der Waals surface area contributed by atoms with E-state index in [1.54, 1.807) is 7.11 Å². The zero-order chi connectivity index (χ0) is 12.3. The van der Waals surface area contributed by atoms with E-state index in [1.807, 2.05) is 25.1 Å². The molecule has 0 saturated carbocycles. The Bertz CT molecular complexity index is 403. The van der Waals surface area contributed by atoms with Crippen molar-refractivity contribution in [3.63, 3.8) is 0 Å². The lowest BCUT2D eigenvalue weighted by Gasteiger charge is -2.29. The minimum absolute atomic E-state index is 0.0914. The molecule has 1 saturated heterocycles. The summed E-state index contributed by atoms with van der Waals surface area (Å²) in [5.41, 5.74) is 1.16. The van der Waals surface area contributed by atoms with Gasteiger partial charge in [-0.2, -0.15) is 0 Å². The van der Waals surface area contributed by atoms with Crippen LogP contribution in [0.4, 0.5) is 0 Å². The largest absolute Gasteiger partial charge is 0.496 e. The maximum Gasteiger partial charge on any atom is 0.138 e. The molecule has 1 N–H and O–H groups in total. The van der Waals surface area contributed by atoms with Crippen molar-refractivity contribution in [1.82, 2.24) is 5.32 Å². The second-order valence-corrected chi connectivity index (χ2v) is 4.58. The molecule has 2 atom stereocenters. The van der Waals surface area contributed by atoms with Gasteiger partial charge < -0.3 is 10.1 Å². The third kappa shape index (κ3) is 2.67. The van der Waals surface area contributed by atoms with Gasteiger partial charge in [-0.3, -0.25) is 4.79 Å². The van der Waals surface area contributed by atoms with Crippen LogP contribution in [0.2, 0.25) is 0 Å². The van der Waals surface area contributed by atoms with Crippen LogP contribution in [-0.2, 0) is 11.2 Å². The highest BCUT2D eigenvalue weighted by molar-refractivity contribution is 5.82. The number of ketones is 1. The highest BCUT2D eigenvalue weighted by Crippen LogP contribution is 2.23. The molecule has 1 aromatic carbocycles. The van der Waals surface area contributed by atoms with Crippen LogP contribution in [0.25, 0.3) is 0 Å². The van der Waals surface area contributed by atoms with Crippen LogP contribution in [-0.4, -0.2) is 25.5 Å². The highest BCUT2D eigenvalue weighted by Gasteiger charge is 2.28. The number of piperidine rings is 1. The van der Waals surface area contributed by atoms with Gasteiger partial charge in [0, 0.05) is 24.9 Å². The van der Waals surface area contributed by atoms with Crippen molar-refractivity contribution in [2.75, 3.05) is 13.7 Å². The Morgan fingerprint density at radius 1 is 1.41 bits per heavy atom. The summed E-state index contributed by atoms with van der Waals surface area (Å²) in [7, 11) is 1.68. The van der Waals surface area contributed by atoms with Crippen LogP contribution >= 0.6 is 0 Å². The number of carbonyl (C=O) groups excluding carboxylic acids is 1. The number of nitrogens with one attached hydrogen (secondary N) is 1. The van der Waals surface area contributed by atoms with Gasteiger partial charge in [-0.1, -0.05) is 25.1 Å². The summed E-state index contributed by atoms with van der Waals surface area (Å²) in [5.74, 6) is 1.36. The molecule has 0 bridgehead atoms. The Morgan fingerprint density at radius 3 is 2.94 bits per heavy atom. The predicted octanol–water partition coefficient (Wildman–Crippen LogP) is 1.80. The average molecular weight is 233 g/mol. The lowest BCUT2D eigenvalue weighted by molar-refractivity contribution is -0.124. The summed E-state index contributed by atoms with van der Waals surface area (Å²) < 4.78 is 5.34. The molecule has 3 heteroatoms. The summed E-state index contributed by atoms with van der Waals surface area (Å²) in [5, 5.41) is 3.42. The van der Waals surface area contributed by atoms with Crippen LogP contribution in [0, 0.1) is 5.92 Å². The molecule has 0 amide bonds. The van der Waals surface area contributed by atoms with E-state index in [9.17, 15) is 4.79 Å². The first kappa shape index (κ1) is 12.1. The van der Waals surface area contributed by atoms with E-state index in [-0.39, 0.29) is 12.0 Å². The molecule has 17 heavy (non-hydrogen) atoms. The van der Waals surface area contributed by atoms with Crippen molar-refractivity contribution in [3.8, 4) is 5.75 Å². The number of para-hydroxylation sites is 1. The van der Waals surface area contributed by atoms with Gasteiger partial charge in [0.25, 0.3) is 0 Å². The van der Waals surface area contributed by atoms with E-state index in [0.717, 1.165) is 24.3 Å². The Morgan fingerprint density at radius 2 is 2.18 bits per heavy atom. The molecular formula is C14H19NO2. The SMILES string of the molecule is COc1ccccc1C[C@H]1NCCC(=O)[C@H]1C. The number of methoxy groups -OCH3 is 1. The molecule has 1 aromatic rings. The first-order valence-corrected chi connectivity index (χ1v) is 6.10. The molecule has 3 nitrogen and oxygen atoms in total. The lowest BCUT2D eigenvalue weighted by atomic mass is 9.87. The molecule has 1 heterocycles. The van der Waals surface area contributed by atoms with Crippen molar-refractivity contribution in [2.45, 2.75) is 25.8 Å². The van der Waals surface area contributed by atoms with E-state index >= 15 is 0 Å². The lowest BCUT2D eigenvalue weighted by Crippen LogP contribution is -2.46. The highest BCUT2D eigenvalue weighted by atomic mass is 16.5. The maximum absolute atomic E-state index is 11.7. The number of hydrogen-bond acceptors (Lipinski definition) is 3. The summed E-state index contributed by atoms with van der Waals surface area (Å²) in [4.78, 5) is 11.7. The fourth-order valence-corrected chi connectivity index (χ4v) is 2.37. The summed E-state index contributed by atoms with van der Waals surface area (Å²) in [6, 6.07) is 8.22. The first-order valence-electron chi connectivity index (χ1n) is 6.10. The minimum Gasteiger partial charge on any atom is -0.496 e. The van der Waals surface area contributed by atoms with Crippen molar-refractivity contribution in [1.29, 1.82) is 0 Å². The monoisotopic (exact) mass is 233 g/mol. The van der Waals surface area contributed by atoms with Crippen LogP contribution in [0.3, 0.4) is 0 Å². The zero-order valence-electron chi connectivity index (χ0n) is 10.4. The summed E-state index contributed by atoms with van der Waals surface area (Å²) in [6.45, 7) is 2.80. The first-order chi connectivity index (χ1) is 8.22. The van der Waals surface area contributed by atoms with Gasteiger partial charge in [-0.05, 0) is 18.1 Å². The van der Waals surface area contributed by atoms with Gasteiger partial charge in [0.15, 0.2) is 0 Å². The number of Topliss-reactive ketones (excluding diaryl/α,β-unsaturated/α-hetero) is 1. The number of rotatable bonds is 3. The summed E-state index contributed by atoms with van der Waals surface area (Å²) >= 11 is 0. The Labute approximate surface area is 102 Å². The van der Waals surface area contributed by atoms with Crippen molar-refractivity contribution in [2.24, 2.45) is 5.92 Å². The molecule has 0 unspecified atom stereocenters.